The van der Waals surface area contributed by atoms with E-state index in [-0.39, 0.29) is 11.4 Å². The van der Waals surface area contributed by atoms with Gasteiger partial charge in [0.2, 0.25) is 5.91 Å². The normalized spacial score (nSPS) is 17.4. The standard InChI is InChI=1S/C12H14Br2N2O/c13-8-3-1-4-9(14)11(8)16-10(17)7-12(15)5-2-6-12/h1,3-4H,2,5-7,15H2,(H,16,17). The third kappa shape index (κ3) is 3.09. The Morgan fingerprint density at radius 3 is 2.41 bits per heavy atom. The molecule has 0 atom stereocenters. The van der Waals surface area contributed by atoms with Crippen LogP contribution in [-0.4, -0.2) is 11.4 Å². The topological polar surface area (TPSA) is 55.1 Å². The highest BCUT2D eigenvalue weighted by molar-refractivity contribution is 9.11. The second kappa shape index (κ2) is 5.08. The molecule has 1 aliphatic rings. The van der Waals surface area contributed by atoms with Crippen LogP contribution in [-0.2, 0) is 4.79 Å². The Labute approximate surface area is 117 Å². The smallest absolute Gasteiger partial charge is 0.226 e. The van der Waals surface area contributed by atoms with Gasteiger partial charge in [0.05, 0.1) is 5.69 Å². The highest BCUT2D eigenvalue weighted by Crippen LogP contribution is 2.34. The Balaban J connectivity index is 2.03. The zero-order valence-electron chi connectivity index (χ0n) is 9.30. The van der Waals surface area contributed by atoms with Crippen molar-refractivity contribution in [2.75, 3.05) is 5.32 Å². The summed E-state index contributed by atoms with van der Waals surface area (Å²) in [5.74, 6) is -0.0280. The minimum atomic E-state index is -0.280. The Morgan fingerprint density at radius 1 is 1.35 bits per heavy atom. The van der Waals surface area contributed by atoms with Gasteiger partial charge in [0, 0.05) is 20.9 Å². The molecule has 0 saturated heterocycles. The Kier molecular flexibility index (Phi) is 3.90. The number of hydrogen-bond donors (Lipinski definition) is 2. The van der Waals surface area contributed by atoms with Crippen molar-refractivity contribution < 1.29 is 4.79 Å². The lowest BCUT2D eigenvalue weighted by molar-refractivity contribution is -0.118. The molecule has 0 heterocycles. The highest BCUT2D eigenvalue weighted by atomic mass is 79.9. The lowest BCUT2D eigenvalue weighted by Gasteiger charge is -2.37. The molecule has 1 amide bonds. The van der Waals surface area contributed by atoms with Crippen LogP contribution in [0, 0.1) is 0 Å². The summed E-state index contributed by atoms with van der Waals surface area (Å²) in [5.41, 5.74) is 6.53. The molecule has 0 bridgehead atoms. The fraction of sp³-hybridized carbons (Fsp3) is 0.417. The zero-order chi connectivity index (χ0) is 12.5. The number of halogens is 2. The number of rotatable bonds is 3. The fourth-order valence-corrected chi connectivity index (χ4v) is 3.12. The van der Waals surface area contributed by atoms with Crippen molar-refractivity contribution in [3.63, 3.8) is 0 Å². The summed E-state index contributed by atoms with van der Waals surface area (Å²) < 4.78 is 1.72. The maximum absolute atomic E-state index is 11.9. The molecule has 2 rings (SSSR count). The molecule has 0 aromatic heterocycles. The molecule has 1 fully saturated rings. The summed E-state index contributed by atoms with van der Waals surface area (Å²) in [5, 5.41) is 2.89. The number of carbonyl (C=O) groups excluding carboxylic acids is 1. The van der Waals surface area contributed by atoms with Gasteiger partial charge in [-0.2, -0.15) is 0 Å². The quantitative estimate of drug-likeness (QED) is 0.866. The second-order valence-electron chi connectivity index (χ2n) is 4.54. The summed E-state index contributed by atoms with van der Waals surface area (Å²) in [7, 11) is 0. The van der Waals surface area contributed by atoms with E-state index in [4.69, 9.17) is 5.73 Å². The first-order chi connectivity index (χ1) is 8.00. The molecule has 0 spiro atoms. The number of carbonyl (C=O) groups is 1. The molecule has 1 aromatic carbocycles. The summed E-state index contributed by atoms with van der Waals surface area (Å²) in [6, 6.07) is 5.68. The first kappa shape index (κ1) is 13.1. The van der Waals surface area contributed by atoms with Crippen molar-refractivity contribution in [3.05, 3.63) is 27.1 Å². The molecular weight excluding hydrogens is 348 g/mol. The summed E-state index contributed by atoms with van der Waals surface area (Å²) >= 11 is 6.82. The van der Waals surface area contributed by atoms with Crippen molar-refractivity contribution in [1.29, 1.82) is 0 Å². The third-order valence-corrected chi connectivity index (χ3v) is 4.41. The van der Waals surface area contributed by atoms with Gasteiger partial charge in [-0.1, -0.05) is 6.07 Å². The van der Waals surface area contributed by atoms with Crippen LogP contribution in [0.15, 0.2) is 27.1 Å². The number of anilines is 1. The number of nitrogens with one attached hydrogen (secondary N) is 1. The molecule has 0 unspecified atom stereocenters. The van der Waals surface area contributed by atoms with E-state index in [2.05, 4.69) is 37.2 Å². The van der Waals surface area contributed by atoms with E-state index in [0.29, 0.717) is 6.42 Å². The van der Waals surface area contributed by atoms with Gasteiger partial charge in [0.25, 0.3) is 0 Å². The van der Waals surface area contributed by atoms with E-state index in [9.17, 15) is 4.79 Å². The molecule has 3 nitrogen and oxygen atoms in total. The SMILES string of the molecule is NC1(CC(=O)Nc2c(Br)cccc2Br)CCC1. The molecule has 0 aliphatic heterocycles. The summed E-state index contributed by atoms with van der Waals surface area (Å²) in [6.07, 6.45) is 3.40. The van der Waals surface area contributed by atoms with Crippen LogP contribution in [0.3, 0.4) is 0 Å². The zero-order valence-corrected chi connectivity index (χ0v) is 12.5. The van der Waals surface area contributed by atoms with Crippen molar-refractivity contribution >= 4 is 43.5 Å². The summed E-state index contributed by atoms with van der Waals surface area (Å²) in [4.78, 5) is 11.9. The fourth-order valence-electron chi connectivity index (χ4n) is 1.93. The molecule has 92 valence electrons. The van der Waals surface area contributed by atoms with Gasteiger partial charge in [-0.25, -0.2) is 0 Å². The number of amides is 1. The van der Waals surface area contributed by atoms with Crippen LogP contribution in [0.4, 0.5) is 5.69 Å². The van der Waals surface area contributed by atoms with Crippen molar-refractivity contribution in [1.82, 2.24) is 0 Å². The van der Waals surface area contributed by atoms with Gasteiger partial charge in [0.1, 0.15) is 0 Å². The molecule has 3 N–H and O–H groups in total. The Bertz CT molecular complexity index is 424. The first-order valence-corrected chi connectivity index (χ1v) is 7.11. The predicted molar refractivity (Wildman–Crippen MR) is 75.9 cm³/mol. The molecular formula is C12H14Br2N2O. The van der Waals surface area contributed by atoms with Gasteiger partial charge in [-0.05, 0) is 63.3 Å². The molecule has 1 saturated carbocycles. The second-order valence-corrected chi connectivity index (χ2v) is 6.25. The first-order valence-electron chi connectivity index (χ1n) is 5.53. The van der Waals surface area contributed by atoms with Gasteiger partial charge in [0.15, 0.2) is 0 Å². The van der Waals surface area contributed by atoms with Crippen LogP contribution >= 0.6 is 31.9 Å². The van der Waals surface area contributed by atoms with Crippen LogP contribution in [0.2, 0.25) is 0 Å². The Morgan fingerprint density at radius 2 is 1.94 bits per heavy atom. The van der Waals surface area contributed by atoms with Crippen LogP contribution < -0.4 is 11.1 Å². The van der Waals surface area contributed by atoms with Gasteiger partial charge in [-0.15, -0.1) is 0 Å². The average Bonchev–Trinajstić information content (AvgIpc) is 2.21. The lowest BCUT2D eigenvalue weighted by atomic mass is 9.75. The number of hydrogen-bond acceptors (Lipinski definition) is 2. The van der Waals surface area contributed by atoms with Crippen LogP contribution in [0.1, 0.15) is 25.7 Å². The number of nitrogens with two attached hydrogens (primary N) is 1. The molecule has 0 radical (unpaired) electrons. The molecule has 17 heavy (non-hydrogen) atoms. The highest BCUT2D eigenvalue weighted by Gasteiger charge is 2.34. The van der Waals surface area contributed by atoms with Crippen molar-refractivity contribution in [3.8, 4) is 0 Å². The number of para-hydroxylation sites is 1. The largest absolute Gasteiger partial charge is 0.325 e. The van der Waals surface area contributed by atoms with Crippen LogP contribution in [0.5, 0.6) is 0 Å². The minimum Gasteiger partial charge on any atom is -0.325 e. The van der Waals surface area contributed by atoms with Gasteiger partial charge in [-0.3, -0.25) is 4.79 Å². The summed E-state index contributed by atoms with van der Waals surface area (Å²) in [6.45, 7) is 0. The monoisotopic (exact) mass is 360 g/mol. The maximum Gasteiger partial charge on any atom is 0.226 e. The van der Waals surface area contributed by atoms with Gasteiger partial charge < -0.3 is 11.1 Å². The number of benzene rings is 1. The molecule has 1 aliphatic carbocycles. The van der Waals surface area contributed by atoms with E-state index in [1.807, 2.05) is 18.2 Å². The minimum absolute atomic E-state index is 0.0280. The van der Waals surface area contributed by atoms with E-state index in [0.717, 1.165) is 33.9 Å². The van der Waals surface area contributed by atoms with E-state index in [1.54, 1.807) is 0 Å². The lowest BCUT2D eigenvalue weighted by Crippen LogP contribution is -2.48. The third-order valence-electron chi connectivity index (χ3n) is 3.09. The van der Waals surface area contributed by atoms with Gasteiger partial charge >= 0.3 is 0 Å². The molecule has 5 heteroatoms. The van der Waals surface area contributed by atoms with E-state index >= 15 is 0 Å². The Hall–Kier alpha value is -0.390. The average molecular weight is 362 g/mol. The van der Waals surface area contributed by atoms with Crippen molar-refractivity contribution in [2.45, 2.75) is 31.2 Å². The van der Waals surface area contributed by atoms with E-state index < -0.39 is 0 Å². The molecule has 1 aromatic rings. The van der Waals surface area contributed by atoms with Crippen LogP contribution in [0.25, 0.3) is 0 Å². The van der Waals surface area contributed by atoms with E-state index in [1.165, 1.54) is 0 Å². The predicted octanol–water partition coefficient (Wildman–Crippen LogP) is 3.42. The van der Waals surface area contributed by atoms with Crippen molar-refractivity contribution in [2.24, 2.45) is 5.73 Å². The maximum atomic E-state index is 11.9.